The number of nitrogens with zero attached hydrogens (tertiary/aromatic N) is 3. The lowest BCUT2D eigenvalue weighted by Crippen LogP contribution is -2.38. The molecule has 204 valence electrons. The summed E-state index contributed by atoms with van der Waals surface area (Å²) in [6.07, 6.45) is -1.71. The number of hydrogen-bond donors (Lipinski definition) is 11. The van der Waals surface area contributed by atoms with E-state index >= 15 is 0 Å². The molecular formula is C13H26FN4O14P3. The van der Waals surface area contributed by atoms with Gasteiger partial charge < -0.3 is 59.6 Å². The highest BCUT2D eigenvalue weighted by Crippen LogP contribution is 2.43. The van der Waals surface area contributed by atoms with Gasteiger partial charge in [0, 0.05) is 0 Å². The zero-order valence-corrected chi connectivity index (χ0v) is 20.6. The van der Waals surface area contributed by atoms with Gasteiger partial charge in [0.05, 0.1) is 11.3 Å². The Morgan fingerprint density at radius 1 is 1.03 bits per heavy atom. The molecule has 0 aliphatic carbocycles. The zero-order valence-electron chi connectivity index (χ0n) is 17.9. The maximum absolute atomic E-state index is 14.4. The van der Waals surface area contributed by atoms with Crippen molar-refractivity contribution in [1.29, 1.82) is 0 Å². The number of rotatable bonds is 2. The van der Waals surface area contributed by atoms with Crippen LogP contribution in [0.3, 0.4) is 0 Å². The van der Waals surface area contributed by atoms with Gasteiger partial charge in [-0.3, -0.25) is 0 Å². The summed E-state index contributed by atoms with van der Waals surface area (Å²) < 4.78 is 48.3. The van der Waals surface area contributed by atoms with Crippen molar-refractivity contribution >= 4 is 34.8 Å². The second-order valence-corrected chi connectivity index (χ2v) is 9.91. The molecule has 22 heteroatoms. The third-order valence-electron chi connectivity index (χ3n) is 4.12. The van der Waals surface area contributed by atoms with Gasteiger partial charge in [-0.15, -0.1) is 0 Å². The molecular weight excluding hydrogens is 548 g/mol. The molecule has 0 bridgehead atoms. The number of nitrogen functional groups attached to an aromatic ring is 1. The van der Waals surface area contributed by atoms with E-state index in [1.165, 1.54) is 10.8 Å². The van der Waals surface area contributed by atoms with E-state index in [0.717, 1.165) is 0 Å². The molecule has 1 saturated heterocycles. The summed E-state index contributed by atoms with van der Waals surface area (Å²) in [5.41, 5.74) is 5.98. The molecule has 0 amide bonds. The Bertz CT molecular complexity index is 1030. The Kier molecular flexibility index (Phi) is 12.2. The average Bonchev–Trinajstić information content (AvgIpc) is 3.14. The van der Waals surface area contributed by atoms with E-state index in [0.29, 0.717) is 23.4 Å². The first-order valence-electron chi connectivity index (χ1n) is 8.91. The molecule has 2 aromatic rings. The van der Waals surface area contributed by atoms with E-state index in [4.69, 9.17) is 68.2 Å². The lowest BCUT2D eigenvalue weighted by Gasteiger charge is -2.25. The van der Waals surface area contributed by atoms with Crippen molar-refractivity contribution in [3.8, 4) is 0 Å². The van der Waals surface area contributed by atoms with Gasteiger partial charge in [-0.1, -0.05) is 6.92 Å². The first kappa shape index (κ1) is 33.6. The highest BCUT2D eigenvalue weighted by molar-refractivity contribution is 7.45. The third-order valence-corrected chi connectivity index (χ3v) is 4.12. The van der Waals surface area contributed by atoms with Crippen LogP contribution >= 0.6 is 23.5 Å². The minimum atomic E-state index is -4.64. The van der Waals surface area contributed by atoms with E-state index in [1.807, 2.05) is 6.92 Å². The van der Waals surface area contributed by atoms with Gasteiger partial charge in [-0.05, 0) is 25.5 Å². The smallest absolute Gasteiger partial charge is 0.387 e. The molecule has 12 N–H and O–H groups in total. The van der Waals surface area contributed by atoms with Gasteiger partial charge in [0.1, 0.15) is 24.1 Å². The first-order valence-corrected chi connectivity index (χ1v) is 13.6. The SMILES string of the molecule is CC[C@@]1(C)O[C@@H](c2ccc3c(N)ncnn23)[C@H](F)[C@@H]1O.O=P(O)(O)O.O=P(O)(O)O.O=P(O)(O)O. The summed E-state index contributed by atoms with van der Waals surface area (Å²) in [6.45, 7) is 3.57. The number of halogens is 1. The standard InChI is InChI=1S/C13H17FN4O2.3H3O4P/c1-3-13(2)11(19)9(14)10(20-13)7-4-5-8-12(15)16-6-17-18(7)8;3*1-5(2,3)4/h4-6,9-11,19H,3H2,1-2H3,(H2,15,16,17);3*(H3,1,2,3,4)/t9-,10-,11-,13+;;;/m0.../s1. The van der Waals surface area contributed by atoms with Crippen molar-refractivity contribution in [3.05, 3.63) is 24.2 Å². The number of alkyl halides is 1. The molecule has 3 heterocycles. The van der Waals surface area contributed by atoms with E-state index in [2.05, 4.69) is 10.1 Å². The Morgan fingerprint density at radius 3 is 1.83 bits per heavy atom. The molecule has 0 aromatic carbocycles. The van der Waals surface area contributed by atoms with Gasteiger partial charge in [0.2, 0.25) is 0 Å². The molecule has 35 heavy (non-hydrogen) atoms. The topological polar surface area (TPSA) is 319 Å². The van der Waals surface area contributed by atoms with Crippen LogP contribution in [0.25, 0.3) is 5.52 Å². The van der Waals surface area contributed by atoms with E-state index < -0.39 is 47.4 Å². The van der Waals surface area contributed by atoms with Crippen LogP contribution in [-0.2, 0) is 18.4 Å². The fourth-order valence-corrected chi connectivity index (χ4v) is 2.63. The fourth-order valence-electron chi connectivity index (χ4n) is 2.63. The molecule has 4 atom stereocenters. The van der Waals surface area contributed by atoms with E-state index in [-0.39, 0.29) is 0 Å². The lowest BCUT2D eigenvalue weighted by atomic mass is 9.94. The van der Waals surface area contributed by atoms with Gasteiger partial charge in [-0.25, -0.2) is 27.6 Å². The van der Waals surface area contributed by atoms with Crippen molar-refractivity contribution < 1.29 is 72.0 Å². The van der Waals surface area contributed by atoms with Crippen molar-refractivity contribution in [2.24, 2.45) is 0 Å². The minimum Gasteiger partial charge on any atom is -0.387 e. The first-order chi connectivity index (χ1) is 15.5. The molecule has 2 aromatic heterocycles. The quantitative estimate of drug-likeness (QED) is 0.181. The number of hydrogen-bond acceptors (Lipinski definition) is 8. The third kappa shape index (κ3) is 13.5. The molecule has 18 nitrogen and oxygen atoms in total. The molecule has 1 aliphatic rings. The molecule has 0 spiro atoms. The number of aliphatic hydroxyl groups excluding tert-OH is 1. The Hall–Kier alpha value is -1.40. The Balaban J connectivity index is 0.000000635. The van der Waals surface area contributed by atoms with Crippen LogP contribution in [0.2, 0.25) is 0 Å². The van der Waals surface area contributed by atoms with E-state index in [9.17, 15) is 9.50 Å². The highest BCUT2D eigenvalue weighted by atomic mass is 31.2. The molecule has 0 radical (unpaired) electrons. The Morgan fingerprint density at radius 2 is 1.46 bits per heavy atom. The summed E-state index contributed by atoms with van der Waals surface area (Å²) in [5.74, 6) is 0.318. The number of phosphoric acid groups is 3. The molecule has 0 unspecified atom stereocenters. The van der Waals surface area contributed by atoms with Crippen LogP contribution in [0, 0.1) is 0 Å². The van der Waals surface area contributed by atoms with Crippen LogP contribution in [0.4, 0.5) is 10.2 Å². The average molecular weight is 574 g/mol. The second-order valence-electron chi connectivity index (χ2n) is 6.83. The molecule has 1 fully saturated rings. The van der Waals surface area contributed by atoms with Gasteiger partial charge in [0.15, 0.2) is 12.0 Å². The van der Waals surface area contributed by atoms with E-state index in [1.54, 1.807) is 19.1 Å². The summed E-state index contributed by atoms with van der Waals surface area (Å²) in [7, 11) is -13.9. The van der Waals surface area contributed by atoms with Crippen molar-refractivity contribution in [3.63, 3.8) is 0 Å². The maximum atomic E-state index is 14.4. The number of aliphatic hydroxyl groups is 1. The predicted octanol–water partition coefficient (Wildman–Crippen LogP) is -1.54. The summed E-state index contributed by atoms with van der Waals surface area (Å²) in [5, 5.41) is 14.1. The Labute approximate surface area is 196 Å². The summed E-state index contributed by atoms with van der Waals surface area (Å²) in [6, 6.07) is 3.42. The number of ether oxygens (including phenoxy) is 1. The van der Waals surface area contributed by atoms with Crippen molar-refractivity contribution in [2.45, 2.75) is 44.2 Å². The molecule has 3 rings (SSSR count). The lowest BCUT2D eigenvalue weighted by molar-refractivity contribution is -0.0738. The number of aromatic nitrogens is 3. The molecule has 0 saturated carbocycles. The van der Waals surface area contributed by atoms with Crippen LogP contribution < -0.4 is 5.73 Å². The van der Waals surface area contributed by atoms with Crippen molar-refractivity contribution in [2.75, 3.05) is 5.73 Å². The zero-order chi connectivity index (χ0) is 28.0. The van der Waals surface area contributed by atoms with Crippen LogP contribution in [0.15, 0.2) is 18.5 Å². The normalized spacial score (nSPS) is 24.4. The maximum Gasteiger partial charge on any atom is 0.466 e. The highest BCUT2D eigenvalue weighted by Gasteiger charge is 2.52. The number of anilines is 1. The van der Waals surface area contributed by atoms with Crippen LogP contribution in [0.5, 0.6) is 0 Å². The van der Waals surface area contributed by atoms with Crippen LogP contribution in [-0.4, -0.2) is 81.6 Å². The van der Waals surface area contributed by atoms with Crippen molar-refractivity contribution in [1.82, 2.24) is 14.6 Å². The van der Waals surface area contributed by atoms with Gasteiger partial charge in [0.25, 0.3) is 0 Å². The number of fused-ring (bicyclic) bond motifs is 1. The second kappa shape index (κ2) is 12.7. The minimum absolute atomic E-state index is 0.318. The van der Waals surface area contributed by atoms with Crippen LogP contribution in [0.1, 0.15) is 32.1 Å². The number of nitrogens with two attached hydrogens (primary N) is 1. The summed E-state index contributed by atoms with van der Waals surface area (Å²) in [4.78, 5) is 68.6. The summed E-state index contributed by atoms with van der Waals surface area (Å²) >= 11 is 0. The van der Waals surface area contributed by atoms with Gasteiger partial charge >= 0.3 is 23.5 Å². The monoisotopic (exact) mass is 574 g/mol. The largest absolute Gasteiger partial charge is 0.466 e. The molecule has 1 aliphatic heterocycles. The fraction of sp³-hybridized carbons (Fsp3) is 0.538. The predicted molar refractivity (Wildman–Crippen MR) is 114 cm³/mol. The van der Waals surface area contributed by atoms with Gasteiger partial charge in [-0.2, -0.15) is 5.10 Å².